The van der Waals surface area contributed by atoms with Gasteiger partial charge in [0.25, 0.3) is 0 Å². The molecule has 2 aliphatic rings. The van der Waals surface area contributed by atoms with Crippen LogP contribution in [0.4, 0.5) is 10.1 Å². The molecule has 3 rings (SSSR count). The van der Waals surface area contributed by atoms with E-state index in [0.29, 0.717) is 0 Å². The Morgan fingerprint density at radius 2 is 1.94 bits per heavy atom. The van der Waals surface area contributed by atoms with Gasteiger partial charge < -0.3 is 10.2 Å². The van der Waals surface area contributed by atoms with Crippen LogP contribution in [-0.2, 0) is 0 Å². The molecule has 2 saturated heterocycles. The van der Waals surface area contributed by atoms with Crippen molar-refractivity contribution in [2.24, 2.45) is 11.8 Å². The summed E-state index contributed by atoms with van der Waals surface area (Å²) in [4.78, 5) is 2.34. The lowest BCUT2D eigenvalue weighted by Crippen LogP contribution is -2.32. The van der Waals surface area contributed by atoms with Crippen LogP contribution in [0.5, 0.6) is 0 Å². The van der Waals surface area contributed by atoms with Crippen LogP contribution >= 0.6 is 0 Å². The number of halogens is 1. The number of hydrogen-bond donors (Lipinski definition) is 1. The van der Waals surface area contributed by atoms with Crippen molar-refractivity contribution in [3.63, 3.8) is 0 Å². The van der Waals surface area contributed by atoms with Crippen LogP contribution in [0, 0.1) is 17.7 Å². The molecule has 1 N–H and O–H groups in total. The standard InChI is InChI=1S/C15H21FN2/c16-14-2-1-3-15(10-14)18-9-6-13(11-18)12-4-7-17-8-5-12/h1-3,10,12-13,17H,4-9,11H2. The van der Waals surface area contributed by atoms with Gasteiger partial charge in [0.1, 0.15) is 5.82 Å². The van der Waals surface area contributed by atoms with Gasteiger partial charge in [-0.1, -0.05) is 6.07 Å². The third-order valence-electron chi connectivity index (χ3n) is 4.45. The molecule has 0 aromatic heterocycles. The van der Waals surface area contributed by atoms with E-state index in [0.717, 1.165) is 30.6 Å². The summed E-state index contributed by atoms with van der Waals surface area (Å²) in [5, 5.41) is 3.43. The first-order valence-corrected chi connectivity index (χ1v) is 7.04. The summed E-state index contributed by atoms with van der Waals surface area (Å²) in [6.45, 7) is 4.52. The van der Waals surface area contributed by atoms with E-state index in [1.54, 1.807) is 6.07 Å². The summed E-state index contributed by atoms with van der Waals surface area (Å²) in [5.41, 5.74) is 1.05. The Morgan fingerprint density at radius 1 is 1.11 bits per heavy atom. The Labute approximate surface area is 108 Å². The largest absolute Gasteiger partial charge is 0.371 e. The molecule has 0 spiro atoms. The SMILES string of the molecule is Fc1cccc(N2CCC(C3CCNCC3)C2)c1. The van der Waals surface area contributed by atoms with E-state index >= 15 is 0 Å². The van der Waals surface area contributed by atoms with E-state index < -0.39 is 0 Å². The second kappa shape index (κ2) is 5.27. The Balaban J connectivity index is 1.64. The van der Waals surface area contributed by atoms with Crippen LogP contribution in [0.2, 0.25) is 0 Å². The van der Waals surface area contributed by atoms with Gasteiger partial charge in [-0.15, -0.1) is 0 Å². The molecular formula is C15H21FN2. The van der Waals surface area contributed by atoms with Crippen molar-refractivity contribution in [1.29, 1.82) is 0 Å². The molecule has 0 amide bonds. The quantitative estimate of drug-likeness (QED) is 0.865. The molecule has 3 heteroatoms. The first-order chi connectivity index (χ1) is 8.83. The predicted octanol–water partition coefficient (Wildman–Crippen LogP) is 2.65. The second-order valence-corrected chi connectivity index (χ2v) is 5.56. The van der Waals surface area contributed by atoms with E-state index in [9.17, 15) is 4.39 Å². The van der Waals surface area contributed by atoms with Gasteiger partial charge in [-0.05, 0) is 62.4 Å². The highest BCUT2D eigenvalue weighted by Crippen LogP contribution is 2.32. The van der Waals surface area contributed by atoms with E-state index in [-0.39, 0.29) is 5.82 Å². The molecule has 2 fully saturated rings. The Bertz CT molecular complexity index is 401. The van der Waals surface area contributed by atoms with Crippen molar-refractivity contribution in [3.05, 3.63) is 30.1 Å². The van der Waals surface area contributed by atoms with Crippen molar-refractivity contribution in [3.8, 4) is 0 Å². The van der Waals surface area contributed by atoms with Crippen LogP contribution in [0.15, 0.2) is 24.3 Å². The Hall–Kier alpha value is -1.09. The maximum atomic E-state index is 13.2. The van der Waals surface area contributed by atoms with Crippen LogP contribution in [-0.4, -0.2) is 26.2 Å². The third kappa shape index (κ3) is 2.51. The summed E-state index contributed by atoms with van der Waals surface area (Å²) in [6, 6.07) is 7.01. The van der Waals surface area contributed by atoms with Gasteiger partial charge >= 0.3 is 0 Å². The first-order valence-electron chi connectivity index (χ1n) is 7.04. The number of hydrogen-bond acceptors (Lipinski definition) is 2. The number of piperidine rings is 1. The molecule has 1 unspecified atom stereocenters. The molecule has 0 bridgehead atoms. The highest BCUT2D eigenvalue weighted by atomic mass is 19.1. The normalized spacial score (nSPS) is 25.6. The van der Waals surface area contributed by atoms with Crippen molar-refractivity contribution < 1.29 is 4.39 Å². The molecule has 2 heterocycles. The fraction of sp³-hybridized carbons (Fsp3) is 0.600. The van der Waals surface area contributed by atoms with Crippen molar-refractivity contribution >= 4 is 5.69 Å². The van der Waals surface area contributed by atoms with Crippen molar-refractivity contribution in [2.45, 2.75) is 19.3 Å². The van der Waals surface area contributed by atoms with E-state index in [4.69, 9.17) is 0 Å². The monoisotopic (exact) mass is 248 g/mol. The van der Waals surface area contributed by atoms with Crippen LogP contribution in [0.3, 0.4) is 0 Å². The summed E-state index contributed by atoms with van der Waals surface area (Å²) < 4.78 is 13.2. The zero-order valence-electron chi connectivity index (χ0n) is 10.7. The summed E-state index contributed by atoms with van der Waals surface area (Å²) in [7, 11) is 0. The average Bonchev–Trinajstić information content (AvgIpc) is 2.89. The number of benzene rings is 1. The van der Waals surface area contributed by atoms with Gasteiger partial charge in [-0.2, -0.15) is 0 Å². The Kier molecular flexibility index (Phi) is 3.50. The van der Waals surface area contributed by atoms with Crippen LogP contribution < -0.4 is 10.2 Å². The zero-order valence-corrected chi connectivity index (χ0v) is 10.7. The topological polar surface area (TPSA) is 15.3 Å². The maximum absolute atomic E-state index is 13.2. The molecule has 98 valence electrons. The molecule has 1 aromatic rings. The summed E-state index contributed by atoms with van der Waals surface area (Å²) in [6.07, 6.45) is 3.88. The van der Waals surface area contributed by atoms with Crippen LogP contribution in [0.1, 0.15) is 19.3 Å². The zero-order chi connectivity index (χ0) is 12.4. The fourth-order valence-electron chi connectivity index (χ4n) is 3.40. The van der Waals surface area contributed by atoms with Gasteiger partial charge in [-0.3, -0.25) is 0 Å². The number of nitrogens with zero attached hydrogens (tertiary/aromatic N) is 1. The molecule has 18 heavy (non-hydrogen) atoms. The molecule has 1 aromatic carbocycles. The van der Waals surface area contributed by atoms with E-state index in [1.807, 2.05) is 12.1 Å². The maximum Gasteiger partial charge on any atom is 0.125 e. The smallest absolute Gasteiger partial charge is 0.125 e. The molecule has 0 aliphatic carbocycles. The molecular weight excluding hydrogens is 227 g/mol. The van der Waals surface area contributed by atoms with Gasteiger partial charge in [-0.25, -0.2) is 4.39 Å². The van der Waals surface area contributed by atoms with E-state index in [2.05, 4.69) is 10.2 Å². The molecule has 2 aliphatic heterocycles. The number of rotatable bonds is 2. The van der Waals surface area contributed by atoms with Gasteiger partial charge in [0.15, 0.2) is 0 Å². The predicted molar refractivity (Wildman–Crippen MR) is 72.3 cm³/mol. The third-order valence-corrected chi connectivity index (χ3v) is 4.45. The lowest BCUT2D eigenvalue weighted by molar-refractivity contribution is 0.276. The molecule has 2 nitrogen and oxygen atoms in total. The molecule has 0 saturated carbocycles. The number of anilines is 1. The minimum atomic E-state index is -0.127. The average molecular weight is 248 g/mol. The minimum Gasteiger partial charge on any atom is -0.371 e. The lowest BCUT2D eigenvalue weighted by Gasteiger charge is -2.28. The lowest BCUT2D eigenvalue weighted by atomic mass is 9.84. The van der Waals surface area contributed by atoms with Gasteiger partial charge in [0.05, 0.1) is 0 Å². The fourth-order valence-corrected chi connectivity index (χ4v) is 3.40. The molecule has 1 atom stereocenters. The van der Waals surface area contributed by atoms with E-state index in [1.165, 1.54) is 38.4 Å². The van der Waals surface area contributed by atoms with Gasteiger partial charge in [0.2, 0.25) is 0 Å². The highest BCUT2D eigenvalue weighted by molar-refractivity contribution is 5.47. The van der Waals surface area contributed by atoms with Crippen LogP contribution in [0.25, 0.3) is 0 Å². The van der Waals surface area contributed by atoms with Crippen molar-refractivity contribution in [1.82, 2.24) is 5.32 Å². The van der Waals surface area contributed by atoms with Crippen molar-refractivity contribution in [2.75, 3.05) is 31.1 Å². The first kappa shape index (κ1) is 12.0. The second-order valence-electron chi connectivity index (χ2n) is 5.56. The summed E-state index contributed by atoms with van der Waals surface area (Å²) in [5.74, 6) is 1.54. The minimum absolute atomic E-state index is 0.127. The Morgan fingerprint density at radius 3 is 2.72 bits per heavy atom. The summed E-state index contributed by atoms with van der Waals surface area (Å²) >= 11 is 0. The van der Waals surface area contributed by atoms with Gasteiger partial charge in [0, 0.05) is 18.8 Å². The highest BCUT2D eigenvalue weighted by Gasteiger charge is 2.30. The number of nitrogens with one attached hydrogen (secondary N) is 1. The molecule has 0 radical (unpaired) electrons.